The molecule has 1 saturated carbocycles. The van der Waals surface area contributed by atoms with E-state index in [9.17, 15) is 23.5 Å². The summed E-state index contributed by atoms with van der Waals surface area (Å²) in [5, 5.41) is 12.1. The molecule has 0 radical (unpaired) electrons. The van der Waals surface area contributed by atoms with Crippen LogP contribution in [-0.2, 0) is 14.3 Å². The lowest BCUT2D eigenvalue weighted by atomic mass is 9.89. The first-order chi connectivity index (χ1) is 10.9. The van der Waals surface area contributed by atoms with Crippen molar-refractivity contribution in [3.63, 3.8) is 0 Å². The lowest BCUT2D eigenvalue weighted by molar-refractivity contribution is -0.152. The zero-order valence-corrected chi connectivity index (χ0v) is 12.4. The summed E-state index contributed by atoms with van der Waals surface area (Å²) in [6.45, 7) is 0.563. The normalized spacial score (nSPS) is 25.7. The molecule has 2 atom stereocenters. The molecule has 3 rings (SSSR count). The van der Waals surface area contributed by atoms with Crippen LogP contribution in [0, 0.1) is 17.6 Å². The van der Waals surface area contributed by atoms with Gasteiger partial charge in [0.2, 0.25) is 5.91 Å². The number of carboxylic acid groups (broad SMARTS) is 1. The molecule has 0 spiro atoms. The van der Waals surface area contributed by atoms with E-state index < -0.39 is 29.1 Å². The van der Waals surface area contributed by atoms with Crippen LogP contribution >= 0.6 is 0 Å². The van der Waals surface area contributed by atoms with Gasteiger partial charge in [0, 0.05) is 32.0 Å². The lowest BCUT2D eigenvalue weighted by Crippen LogP contribution is -2.57. The molecule has 7 heteroatoms. The summed E-state index contributed by atoms with van der Waals surface area (Å²) in [4.78, 5) is 23.9. The average molecular weight is 325 g/mol. The van der Waals surface area contributed by atoms with Crippen LogP contribution in [0.5, 0.6) is 0 Å². The standard InChI is InChI=1S/C16H17F2NO4/c17-12-2-1-9(7-13(12)18)10-8-11(10)14(20)19-16(15(21)22)3-5-23-6-4-16/h1-2,7,10-11H,3-6,8H2,(H,19,20)(H,21,22). The van der Waals surface area contributed by atoms with E-state index >= 15 is 0 Å². The molecule has 1 heterocycles. The van der Waals surface area contributed by atoms with Gasteiger partial charge in [-0.2, -0.15) is 0 Å². The van der Waals surface area contributed by atoms with Gasteiger partial charge in [0.25, 0.3) is 0 Å². The fourth-order valence-corrected chi connectivity index (χ4v) is 3.04. The van der Waals surface area contributed by atoms with E-state index in [-0.39, 0.29) is 37.9 Å². The van der Waals surface area contributed by atoms with Crippen LogP contribution in [0.15, 0.2) is 18.2 Å². The lowest BCUT2D eigenvalue weighted by Gasteiger charge is -2.34. The van der Waals surface area contributed by atoms with E-state index in [1.54, 1.807) is 0 Å². The topological polar surface area (TPSA) is 75.6 Å². The minimum absolute atomic E-state index is 0.198. The second kappa shape index (κ2) is 5.88. The number of aliphatic carboxylic acids is 1. The summed E-state index contributed by atoms with van der Waals surface area (Å²) in [7, 11) is 0. The van der Waals surface area contributed by atoms with Crippen LogP contribution in [0.3, 0.4) is 0 Å². The van der Waals surface area contributed by atoms with Gasteiger partial charge in [0.15, 0.2) is 11.6 Å². The van der Waals surface area contributed by atoms with Crippen molar-refractivity contribution in [3.8, 4) is 0 Å². The van der Waals surface area contributed by atoms with Gasteiger partial charge in [-0.1, -0.05) is 6.07 Å². The Morgan fingerprint density at radius 2 is 1.91 bits per heavy atom. The van der Waals surface area contributed by atoms with Crippen molar-refractivity contribution < 1.29 is 28.2 Å². The molecule has 2 unspecified atom stereocenters. The highest BCUT2D eigenvalue weighted by molar-refractivity contribution is 5.90. The van der Waals surface area contributed by atoms with Crippen LogP contribution < -0.4 is 5.32 Å². The van der Waals surface area contributed by atoms with Crippen molar-refractivity contribution in [2.45, 2.75) is 30.7 Å². The number of carbonyl (C=O) groups excluding carboxylic acids is 1. The number of nitrogens with one attached hydrogen (secondary N) is 1. The Labute approximate surface area is 131 Å². The molecule has 2 fully saturated rings. The molecule has 23 heavy (non-hydrogen) atoms. The van der Waals surface area contributed by atoms with Gasteiger partial charge in [0.05, 0.1) is 0 Å². The molecule has 0 bridgehead atoms. The molecule has 1 saturated heterocycles. The van der Waals surface area contributed by atoms with E-state index in [1.807, 2.05) is 0 Å². The smallest absolute Gasteiger partial charge is 0.329 e. The third-order valence-corrected chi connectivity index (χ3v) is 4.62. The number of hydrogen-bond donors (Lipinski definition) is 2. The summed E-state index contributed by atoms with van der Waals surface area (Å²) in [6.07, 6.45) is 0.941. The van der Waals surface area contributed by atoms with Crippen LogP contribution in [0.2, 0.25) is 0 Å². The average Bonchev–Trinajstić information content (AvgIpc) is 3.31. The van der Waals surface area contributed by atoms with Crippen LogP contribution in [0.4, 0.5) is 8.78 Å². The van der Waals surface area contributed by atoms with Crippen molar-refractivity contribution in [1.82, 2.24) is 5.32 Å². The fraction of sp³-hybridized carbons (Fsp3) is 0.500. The zero-order chi connectivity index (χ0) is 16.6. The molecule has 124 valence electrons. The van der Waals surface area contributed by atoms with Crippen LogP contribution in [0.1, 0.15) is 30.7 Å². The Kier molecular flexibility index (Phi) is 4.06. The molecular weight excluding hydrogens is 308 g/mol. The van der Waals surface area contributed by atoms with Gasteiger partial charge < -0.3 is 15.2 Å². The summed E-state index contributed by atoms with van der Waals surface area (Å²) >= 11 is 0. The third kappa shape index (κ3) is 3.06. The second-order valence-electron chi connectivity index (χ2n) is 6.11. The predicted octanol–water partition coefficient (Wildman–Crippen LogP) is 1.82. The Bertz CT molecular complexity index is 643. The Hall–Kier alpha value is -2.02. The molecule has 1 aliphatic carbocycles. The first-order valence-corrected chi connectivity index (χ1v) is 7.51. The monoisotopic (exact) mass is 325 g/mol. The molecule has 1 aliphatic heterocycles. The highest BCUT2D eigenvalue weighted by Gasteiger charge is 2.49. The number of benzene rings is 1. The number of rotatable bonds is 4. The second-order valence-corrected chi connectivity index (χ2v) is 6.11. The molecule has 0 aromatic heterocycles. The molecule has 1 aromatic carbocycles. The molecule has 2 N–H and O–H groups in total. The summed E-state index contributed by atoms with van der Waals surface area (Å²) in [5.41, 5.74) is -0.739. The number of carbonyl (C=O) groups is 2. The Morgan fingerprint density at radius 3 is 2.52 bits per heavy atom. The first kappa shape index (κ1) is 15.9. The van der Waals surface area contributed by atoms with Gasteiger partial charge >= 0.3 is 5.97 Å². The van der Waals surface area contributed by atoms with E-state index in [1.165, 1.54) is 6.07 Å². The first-order valence-electron chi connectivity index (χ1n) is 7.51. The van der Waals surface area contributed by atoms with Crippen molar-refractivity contribution in [2.24, 2.45) is 5.92 Å². The summed E-state index contributed by atoms with van der Waals surface area (Å²) < 4.78 is 31.4. The van der Waals surface area contributed by atoms with Gasteiger partial charge in [-0.05, 0) is 30.0 Å². The molecule has 1 amide bonds. The van der Waals surface area contributed by atoms with E-state index in [0.717, 1.165) is 12.1 Å². The maximum absolute atomic E-state index is 13.3. The molecule has 1 aromatic rings. The quantitative estimate of drug-likeness (QED) is 0.885. The SMILES string of the molecule is O=C(NC1(C(=O)O)CCOCC1)C1CC1c1ccc(F)c(F)c1. The largest absolute Gasteiger partial charge is 0.480 e. The number of carboxylic acids is 1. The summed E-state index contributed by atoms with van der Waals surface area (Å²) in [5.74, 6) is -3.90. The predicted molar refractivity (Wildman–Crippen MR) is 75.8 cm³/mol. The van der Waals surface area contributed by atoms with Gasteiger partial charge in [-0.3, -0.25) is 4.79 Å². The number of ether oxygens (including phenoxy) is 1. The van der Waals surface area contributed by atoms with E-state index in [4.69, 9.17) is 4.74 Å². The third-order valence-electron chi connectivity index (χ3n) is 4.62. The maximum Gasteiger partial charge on any atom is 0.329 e. The molecular formula is C16H17F2NO4. The highest BCUT2D eigenvalue weighted by atomic mass is 19.2. The Morgan fingerprint density at radius 1 is 1.22 bits per heavy atom. The number of amides is 1. The minimum atomic E-state index is -1.30. The van der Waals surface area contributed by atoms with Gasteiger partial charge in [0.1, 0.15) is 5.54 Å². The van der Waals surface area contributed by atoms with E-state index in [2.05, 4.69) is 5.32 Å². The van der Waals surface area contributed by atoms with Crippen LogP contribution in [-0.4, -0.2) is 35.7 Å². The zero-order valence-electron chi connectivity index (χ0n) is 12.4. The number of halogens is 2. The summed E-state index contributed by atoms with van der Waals surface area (Å²) in [6, 6.07) is 3.58. The van der Waals surface area contributed by atoms with Gasteiger partial charge in [-0.15, -0.1) is 0 Å². The van der Waals surface area contributed by atoms with Crippen molar-refractivity contribution in [2.75, 3.05) is 13.2 Å². The van der Waals surface area contributed by atoms with Crippen molar-refractivity contribution in [1.29, 1.82) is 0 Å². The minimum Gasteiger partial charge on any atom is -0.480 e. The number of hydrogen-bond acceptors (Lipinski definition) is 3. The Balaban J connectivity index is 1.67. The van der Waals surface area contributed by atoms with Crippen molar-refractivity contribution in [3.05, 3.63) is 35.4 Å². The maximum atomic E-state index is 13.3. The highest BCUT2D eigenvalue weighted by Crippen LogP contribution is 2.48. The molecule has 5 nitrogen and oxygen atoms in total. The van der Waals surface area contributed by atoms with Crippen molar-refractivity contribution >= 4 is 11.9 Å². The van der Waals surface area contributed by atoms with Crippen LogP contribution in [0.25, 0.3) is 0 Å². The molecule has 2 aliphatic rings. The van der Waals surface area contributed by atoms with E-state index in [0.29, 0.717) is 12.0 Å². The fourth-order valence-electron chi connectivity index (χ4n) is 3.04. The van der Waals surface area contributed by atoms with Gasteiger partial charge in [-0.25, -0.2) is 13.6 Å².